The fourth-order valence-electron chi connectivity index (χ4n) is 9.79. The van der Waals surface area contributed by atoms with Crippen LogP contribution in [0.1, 0.15) is 94.4 Å². The van der Waals surface area contributed by atoms with Gasteiger partial charge in [0.2, 0.25) is 29.2 Å². The SMILES string of the molecule is C#CCOCCOCCOCCOCCC(=O)N(CCCCCC(=O)CO[C@@H]([C@@H]1OC(C(=O)OC)=C[C@H](N=C(C)NC(=O)OC(C)(C)C)[C@H]1C)[C@H]1COC(=O)O1)CCOCCNC(=O)CO[C@@H]([C@@H]1OC(C(=O)OC)=C[C@H](NC(=C)NC(=O)OC(C)(C)C)[C@H]1NC(C)=O)[C@H]1COC(=O)O1. The number of ketones is 1. The number of unbranched alkanes of at least 4 members (excludes halogenated alkanes) is 2. The summed E-state index contributed by atoms with van der Waals surface area (Å²) in [7, 11) is 2.26. The minimum absolute atomic E-state index is 0.0190. The summed E-state index contributed by atoms with van der Waals surface area (Å²) in [5, 5.41) is 13.3. The average Bonchev–Trinajstić information content (AvgIpc) is 1.17. The molecule has 10 atom stereocenters. The second-order valence-corrected chi connectivity index (χ2v) is 24.4. The molecule has 34 nitrogen and oxygen atoms in total. The van der Waals surface area contributed by atoms with Crippen LogP contribution in [0.2, 0.25) is 0 Å². The van der Waals surface area contributed by atoms with E-state index < -0.39 is 133 Å². The van der Waals surface area contributed by atoms with Crippen molar-refractivity contribution in [3.8, 4) is 12.3 Å². The van der Waals surface area contributed by atoms with E-state index in [9.17, 15) is 47.9 Å². The van der Waals surface area contributed by atoms with Gasteiger partial charge in [0.1, 0.15) is 74.2 Å². The summed E-state index contributed by atoms with van der Waals surface area (Å²) >= 11 is 0. The zero-order chi connectivity index (χ0) is 72.4. The number of ether oxygens (including phenoxy) is 17. The highest BCUT2D eigenvalue weighted by molar-refractivity contribution is 5.94. The lowest BCUT2D eigenvalue weighted by Crippen LogP contribution is -2.64. The topological polar surface area (TPSA) is 403 Å². The van der Waals surface area contributed by atoms with E-state index in [4.69, 9.17) is 87.0 Å². The molecule has 4 aliphatic rings. The Morgan fingerprint density at radius 2 is 1.20 bits per heavy atom. The van der Waals surface area contributed by atoms with Crippen molar-refractivity contribution in [2.75, 3.05) is 126 Å². The van der Waals surface area contributed by atoms with Crippen molar-refractivity contribution in [2.24, 2.45) is 10.9 Å². The Morgan fingerprint density at radius 3 is 1.77 bits per heavy atom. The monoisotopic (exact) mass is 1400 g/mol. The van der Waals surface area contributed by atoms with Crippen molar-refractivity contribution in [1.82, 2.24) is 31.5 Å². The molecule has 0 bridgehead atoms. The lowest BCUT2D eigenvalue weighted by molar-refractivity contribution is -0.156. The van der Waals surface area contributed by atoms with Gasteiger partial charge in [0.25, 0.3) is 0 Å². The summed E-state index contributed by atoms with van der Waals surface area (Å²) < 4.78 is 93.5. The molecule has 2 saturated heterocycles. The number of hydrogen-bond donors (Lipinski definition) is 5. The summed E-state index contributed by atoms with van der Waals surface area (Å²) in [6.45, 7) is 19.2. The molecule has 0 aromatic rings. The van der Waals surface area contributed by atoms with Crippen LogP contribution in [0.3, 0.4) is 0 Å². The fraction of sp³-hybridized carbons (Fsp3) is 0.703. The van der Waals surface area contributed by atoms with E-state index in [0.29, 0.717) is 45.7 Å². The van der Waals surface area contributed by atoms with Crippen LogP contribution in [0, 0.1) is 18.3 Å². The van der Waals surface area contributed by atoms with Crippen LogP contribution in [-0.2, 0) is 109 Å². The lowest BCUT2D eigenvalue weighted by Gasteiger charge is -2.41. The van der Waals surface area contributed by atoms with Gasteiger partial charge >= 0.3 is 36.4 Å². The second kappa shape index (κ2) is 42.5. The number of amides is 5. The van der Waals surface area contributed by atoms with E-state index in [1.165, 1.54) is 26.0 Å². The first kappa shape index (κ1) is 82.1. The Labute approximate surface area is 570 Å². The van der Waals surface area contributed by atoms with Gasteiger partial charge in [-0.3, -0.25) is 34.8 Å². The van der Waals surface area contributed by atoms with Crippen molar-refractivity contribution in [3.05, 3.63) is 36.1 Å². The summed E-state index contributed by atoms with van der Waals surface area (Å²) in [6.07, 6.45) is -1.59. The molecule has 34 heteroatoms. The van der Waals surface area contributed by atoms with Gasteiger partial charge < -0.3 is 101 Å². The minimum atomic E-state index is -1.40. The quantitative estimate of drug-likeness (QED) is 0.0146. The number of amidine groups is 1. The van der Waals surface area contributed by atoms with Gasteiger partial charge in [0.15, 0.2) is 24.1 Å². The van der Waals surface area contributed by atoms with Gasteiger partial charge in [0.05, 0.1) is 98.2 Å². The molecule has 0 unspecified atom stereocenters. The maximum Gasteiger partial charge on any atom is 0.508 e. The van der Waals surface area contributed by atoms with Crippen molar-refractivity contribution < 1.29 is 128 Å². The average molecular weight is 1400 g/mol. The minimum Gasteiger partial charge on any atom is -0.480 e. The molecule has 0 aromatic carbocycles. The Hall–Kier alpha value is -8.33. The Bertz CT molecular complexity index is 2810. The molecule has 5 N–H and O–H groups in total. The molecular formula is C64H97N7O27. The van der Waals surface area contributed by atoms with E-state index >= 15 is 0 Å². The normalized spacial score (nSPS) is 21.2. The molecule has 0 aromatic heterocycles. The maximum atomic E-state index is 13.7. The molecule has 0 saturated carbocycles. The van der Waals surface area contributed by atoms with Crippen LogP contribution in [0.5, 0.6) is 0 Å². The zero-order valence-electron chi connectivity index (χ0n) is 57.7. The first-order valence-electron chi connectivity index (χ1n) is 32.0. The van der Waals surface area contributed by atoms with E-state index in [1.54, 1.807) is 53.4 Å². The van der Waals surface area contributed by atoms with Crippen molar-refractivity contribution >= 4 is 65.8 Å². The number of hydrogen-bond acceptors (Lipinski definition) is 29. The summed E-state index contributed by atoms with van der Waals surface area (Å²) in [5.41, 5.74) is -1.66. The highest BCUT2D eigenvalue weighted by Gasteiger charge is 2.50. The second-order valence-electron chi connectivity index (χ2n) is 24.4. The Kier molecular flexibility index (Phi) is 35.6. The maximum absolute atomic E-state index is 13.7. The number of rotatable bonds is 42. The molecule has 98 heavy (non-hydrogen) atoms. The standard InChI is InChI=1S/C64H97N7O27/c1-14-23-84-27-29-87-31-32-88-30-28-85-24-19-51(75)71(21-17-15-16-18-43(73)35-89-54(48-36-91-61(80)95-48)53-39(2)44(33-46(93-53)57(76)82-12)66-40(3)68-59(78)97-63(6,7)8)22-26-86-25-20-65-50(74)38-90-55(49-37-92-62(81)96-49)56-52(70-42(5)72)45(34-47(94-56)58(77)83-13)67-41(4)69-60(79)98-64(9,10)11/h1,33-34,39,44-45,48-49,52-56,67H,4,15-32,35-38H2,2-3,5-13H3,(H,65,74)(H,69,79)(H,70,72)(H,66,68,78)/t39-,44+,45+,48-,49-,52-,53-,54-,55-,56-/m1/s1. The van der Waals surface area contributed by atoms with Gasteiger partial charge in [-0.1, -0.05) is 25.8 Å². The molecule has 0 spiro atoms. The van der Waals surface area contributed by atoms with Crippen molar-refractivity contribution in [1.29, 1.82) is 0 Å². The van der Waals surface area contributed by atoms with Crippen LogP contribution in [0.15, 0.2) is 41.1 Å². The summed E-state index contributed by atoms with van der Waals surface area (Å²) in [5.74, 6) is -2.34. The smallest absolute Gasteiger partial charge is 0.480 e. The van der Waals surface area contributed by atoms with Gasteiger partial charge in [-0.05, 0) is 73.5 Å². The van der Waals surface area contributed by atoms with Gasteiger partial charge in [-0.15, -0.1) is 6.42 Å². The summed E-state index contributed by atoms with van der Waals surface area (Å²) in [4.78, 5) is 135. The van der Waals surface area contributed by atoms with Crippen molar-refractivity contribution in [2.45, 2.75) is 160 Å². The first-order chi connectivity index (χ1) is 46.5. The third-order valence-electron chi connectivity index (χ3n) is 14.2. The Balaban J connectivity index is 1.36. The molecule has 0 radical (unpaired) electrons. The largest absolute Gasteiger partial charge is 0.508 e. The molecule has 4 rings (SSSR count). The number of methoxy groups -OCH3 is 2. The van der Waals surface area contributed by atoms with E-state index in [2.05, 4.69) is 44.1 Å². The van der Waals surface area contributed by atoms with Crippen LogP contribution < -0.4 is 26.6 Å². The van der Waals surface area contributed by atoms with E-state index in [-0.39, 0.29) is 120 Å². The number of nitrogens with one attached hydrogen (secondary N) is 5. The number of terminal acetylenes is 1. The number of esters is 2. The molecular weight excluding hydrogens is 1300 g/mol. The van der Waals surface area contributed by atoms with Crippen LogP contribution >= 0.6 is 0 Å². The molecule has 4 aliphatic heterocycles. The number of carbonyl (C=O) groups is 10. The van der Waals surface area contributed by atoms with Gasteiger partial charge in [-0.25, -0.2) is 28.8 Å². The molecule has 0 aliphatic carbocycles. The molecule has 550 valence electrons. The van der Waals surface area contributed by atoms with E-state index in [1.807, 2.05) is 0 Å². The number of nitrogens with zero attached hydrogens (tertiary/aromatic N) is 2. The van der Waals surface area contributed by atoms with Crippen LogP contribution in [0.4, 0.5) is 19.2 Å². The Morgan fingerprint density at radius 1 is 0.663 bits per heavy atom. The first-order valence-corrected chi connectivity index (χ1v) is 32.0. The number of cyclic esters (lactones) is 4. The van der Waals surface area contributed by atoms with Crippen molar-refractivity contribution in [3.63, 3.8) is 0 Å². The highest BCUT2D eigenvalue weighted by Crippen LogP contribution is 2.34. The van der Waals surface area contributed by atoms with Crippen LogP contribution in [-0.4, -0.2) is 263 Å². The molecule has 5 amide bonds. The number of alkyl carbamates (subject to hydrolysis) is 2. The molecule has 4 heterocycles. The fourth-order valence-corrected chi connectivity index (χ4v) is 9.79. The predicted octanol–water partition coefficient (Wildman–Crippen LogP) is 2.33. The van der Waals surface area contributed by atoms with E-state index in [0.717, 1.165) is 14.2 Å². The molecule has 2 fully saturated rings. The van der Waals surface area contributed by atoms with Crippen LogP contribution in [0.25, 0.3) is 0 Å². The third-order valence-corrected chi connectivity index (χ3v) is 14.2. The van der Waals surface area contributed by atoms with Gasteiger partial charge in [0, 0.05) is 38.9 Å². The summed E-state index contributed by atoms with van der Waals surface area (Å²) in [6, 6.07) is -3.05. The number of aliphatic imine (C=N–C) groups is 1. The highest BCUT2D eigenvalue weighted by atomic mass is 16.8. The zero-order valence-corrected chi connectivity index (χ0v) is 57.7. The number of carbonyl (C=O) groups excluding carboxylic acids is 10. The predicted molar refractivity (Wildman–Crippen MR) is 341 cm³/mol. The number of Topliss-reactive ketones (excluding diaryl/α,β-unsaturated/α-hetero) is 1. The van der Waals surface area contributed by atoms with Gasteiger partial charge in [-0.2, -0.15) is 0 Å². The lowest BCUT2D eigenvalue weighted by atomic mass is 9.87. The third kappa shape index (κ3) is 31.0.